The van der Waals surface area contributed by atoms with Crippen LogP contribution in [0.1, 0.15) is 39.5 Å². The largest absolute Gasteiger partial charge is 0.489 e. The minimum Gasteiger partial charge on any atom is -0.489 e. The number of nitrogen functional groups attached to an aromatic ring is 1. The van der Waals surface area contributed by atoms with Gasteiger partial charge in [-0.2, -0.15) is 0 Å². The van der Waals surface area contributed by atoms with Gasteiger partial charge in [0, 0.05) is 6.54 Å². The zero-order chi connectivity index (χ0) is 13.5. The molecule has 3 heteroatoms. The number of para-hydroxylation sites is 1. The highest BCUT2D eigenvalue weighted by Crippen LogP contribution is 2.61. The molecule has 0 aromatic heterocycles. The average Bonchev–Trinajstić information content (AvgIpc) is 3.23. The second kappa shape index (κ2) is 4.62. The molecule has 0 heterocycles. The summed E-state index contributed by atoms with van der Waals surface area (Å²) in [5.41, 5.74) is 8.53. The van der Waals surface area contributed by atoms with Gasteiger partial charge >= 0.3 is 0 Å². The summed E-state index contributed by atoms with van der Waals surface area (Å²) in [5, 5.41) is 3.55. The second-order valence-corrected chi connectivity index (χ2v) is 6.37. The fourth-order valence-corrected chi connectivity index (χ4v) is 2.91. The third-order valence-electron chi connectivity index (χ3n) is 4.40. The van der Waals surface area contributed by atoms with Gasteiger partial charge in [0.05, 0.1) is 17.5 Å². The van der Waals surface area contributed by atoms with Gasteiger partial charge in [-0.15, -0.1) is 0 Å². The monoisotopic (exact) mass is 260 g/mol. The highest BCUT2D eigenvalue weighted by atomic mass is 16.5. The van der Waals surface area contributed by atoms with E-state index in [2.05, 4.69) is 5.32 Å². The maximum Gasteiger partial charge on any atom is 0.144 e. The molecule has 1 aromatic rings. The van der Waals surface area contributed by atoms with Gasteiger partial charge in [-0.25, -0.2) is 0 Å². The number of nitrogens with two attached hydrogens (primary N) is 1. The van der Waals surface area contributed by atoms with E-state index in [1.54, 1.807) is 0 Å². The smallest absolute Gasteiger partial charge is 0.144 e. The van der Waals surface area contributed by atoms with E-state index in [-0.39, 0.29) is 6.10 Å². The van der Waals surface area contributed by atoms with Gasteiger partial charge in [0.25, 0.3) is 0 Å². The Kier molecular flexibility index (Phi) is 3.08. The van der Waals surface area contributed by atoms with Crippen molar-refractivity contribution in [2.75, 3.05) is 17.6 Å². The molecule has 0 aliphatic heterocycles. The Morgan fingerprint density at radius 1 is 1.37 bits per heavy atom. The summed E-state index contributed by atoms with van der Waals surface area (Å²) < 4.78 is 5.73. The van der Waals surface area contributed by atoms with Crippen LogP contribution in [0.5, 0.6) is 5.75 Å². The standard InChI is InChI=1S/C16H24N2O/c1-11(2)19-14-5-3-4-13(15(14)17)18-10-16(8-9-16)12-6-7-12/h3-5,11-12,18H,6-10,17H2,1-2H3. The van der Waals surface area contributed by atoms with E-state index in [1.807, 2.05) is 32.0 Å². The van der Waals surface area contributed by atoms with Gasteiger partial charge < -0.3 is 15.8 Å². The molecule has 2 fully saturated rings. The summed E-state index contributed by atoms with van der Waals surface area (Å²) in [4.78, 5) is 0. The van der Waals surface area contributed by atoms with E-state index in [9.17, 15) is 0 Å². The number of benzene rings is 1. The summed E-state index contributed by atoms with van der Waals surface area (Å²) in [6, 6.07) is 5.99. The highest BCUT2D eigenvalue weighted by Gasteiger charge is 2.53. The van der Waals surface area contributed by atoms with Crippen LogP contribution in [0.3, 0.4) is 0 Å². The lowest BCUT2D eigenvalue weighted by molar-refractivity contribution is 0.244. The fraction of sp³-hybridized carbons (Fsp3) is 0.625. The first kappa shape index (κ1) is 12.6. The lowest BCUT2D eigenvalue weighted by atomic mass is 10.0. The Balaban J connectivity index is 1.67. The molecular formula is C16H24N2O. The molecule has 0 unspecified atom stereocenters. The molecule has 0 atom stereocenters. The third kappa shape index (κ3) is 2.65. The number of anilines is 2. The highest BCUT2D eigenvalue weighted by molar-refractivity contribution is 5.73. The number of nitrogens with one attached hydrogen (secondary N) is 1. The summed E-state index contributed by atoms with van der Waals surface area (Å²) in [5.74, 6) is 1.76. The molecule has 2 aliphatic carbocycles. The van der Waals surface area contributed by atoms with Gasteiger partial charge in [-0.3, -0.25) is 0 Å². The van der Waals surface area contributed by atoms with Crippen LogP contribution in [0.4, 0.5) is 11.4 Å². The number of rotatable bonds is 6. The zero-order valence-electron chi connectivity index (χ0n) is 11.9. The van der Waals surface area contributed by atoms with E-state index in [1.165, 1.54) is 25.7 Å². The molecule has 104 valence electrons. The van der Waals surface area contributed by atoms with Gasteiger partial charge in [0.2, 0.25) is 0 Å². The lowest BCUT2D eigenvalue weighted by Crippen LogP contribution is -2.18. The Morgan fingerprint density at radius 2 is 2.11 bits per heavy atom. The summed E-state index contributed by atoms with van der Waals surface area (Å²) in [7, 11) is 0. The Labute approximate surface area is 115 Å². The number of hydrogen-bond acceptors (Lipinski definition) is 3. The first-order valence-electron chi connectivity index (χ1n) is 7.40. The van der Waals surface area contributed by atoms with Crippen LogP contribution in [-0.4, -0.2) is 12.6 Å². The Hall–Kier alpha value is -1.38. The first-order valence-corrected chi connectivity index (χ1v) is 7.40. The van der Waals surface area contributed by atoms with Crippen LogP contribution in [-0.2, 0) is 0 Å². The number of hydrogen-bond donors (Lipinski definition) is 2. The van der Waals surface area contributed by atoms with Gasteiger partial charge in [-0.05, 0) is 63.0 Å². The summed E-state index contributed by atoms with van der Waals surface area (Å²) in [6.45, 7) is 5.10. The molecule has 0 bridgehead atoms. The maximum absolute atomic E-state index is 6.19. The van der Waals surface area contributed by atoms with Crippen molar-refractivity contribution in [3.8, 4) is 5.75 Å². The predicted molar refractivity (Wildman–Crippen MR) is 79.5 cm³/mol. The van der Waals surface area contributed by atoms with Crippen molar-refractivity contribution in [3.05, 3.63) is 18.2 Å². The van der Waals surface area contributed by atoms with Crippen LogP contribution >= 0.6 is 0 Å². The molecule has 0 saturated heterocycles. The van der Waals surface area contributed by atoms with E-state index in [0.29, 0.717) is 5.41 Å². The van der Waals surface area contributed by atoms with Crippen molar-refractivity contribution in [1.29, 1.82) is 0 Å². The van der Waals surface area contributed by atoms with Crippen molar-refractivity contribution in [2.45, 2.75) is 45.6 Å². The predicted octanol–water partition coefficient (Wildman–Crippen LogP) is 3.66. The van der Waals surface area contributed by atoms with Gasteiger partial charge in [0.1, 0.15) is 5.75 Å². The van der Waals surface area contributed by atoms with Crippen LogP contribution in [0.25, 0.3) is 0 Å². The third-order valence-corrected chi connectivity index (χ3v) is 4.40. The van der Waals surface area contributed by atoms with Crippen LogP contribution in [0.15, 0.2) is 18.2 Å². The molecule has 0 spiro atoms. The molecule has 2 aliphatic rings. The van der Waals surface area contributed by atoms with Crippen molar-refractivity contribution in [2.24, 2.45) is 11.3 Å². The lowest BCUT2D eigenvalue weighted by Gasteiger charge is -2.19. The fourth-order valence-electron chi connectivity index (χ4n) is 2.91. The van der Waals surface area contributed by atoms with E-state index in [0.717, 1.165) is 29.6 Å². The second-order valence-electron chi connectivity index (χ2n) is 6.37. The van der Waals surface area contributed by atoms with Crippen molar-refractivity contribution in [1.82, 2.24) is 0 Å². The van der Waals surface area contributed by atoms with E-state index < -0.39 is 0 Å². The Bertz CT molecular complexity index is 462. The maximum atomic E-state index is 6.19. The normalized spacial score (nSPS) is 20.4. The van der Waals surface area contributed by atoms with Crippen LogP contribution < -0.4 is 15.8 Å². The van der Waals surface area contributed by atoms with E-state index >= 15 is 0 Å². The minimum absolute atomic E-state index is 0.152. The SMILES string of the molecule is CC(C)Oc1cccc(NCC2(C3CC3)CC2)c1N. The number of ether oxygens (including phenoxy) is 1. The summed E-state index contributed by atoms with van der Waals surface area (Å²) in [6.07, 6.45) is 5.76. The molecular weight excluding hydrogens is 236 g/mol. The first-order chi connectivity index (χ1) is 9.11. The van der Waals surface area contributed by atoms with Crippen molar-refractivity contribution in [3.63, 3.8) is 0 Å². The zero-order valence-corrected chi connectivity index (χ0v) is 11.9. The molecule has 0 radical (unpaired) electrons. The quantitative estimate of drug-likeness (QED) is 0.767. The molecule has 3 N–H and O–H groups in total. The topological polar surface area (TPSA) is 47.3 Å². The minimum atomic E-state index is 0.152. The van der Waals surface area contributed by atoms with E-state index in [4.69, 9.17) is 10.5 Å². The van der Waals surface area contributed by atoms with Gasteiger partial charge in [-0.1, -0.05) is 6.07 Å². The van der Waals surface area contributed by atoms with Gasteiger partial charge in [0.15, 0.2) is 0 Å². The summed E-state index contributed by atoms with van der Waals surface area (Å²) >= 11 is 0. The molecule has 0 amide bonds. The van der Waals surface area contributed by atoms with Crippen molar-refractivity contribution < 1.29 is 4.74 Å². The molecule has 3 nitrogen and oxygen atoms in total. The molecule has 2 saturated carbocycles. The van der Waals surface area contributed by atoms with Crippen LogP contribution in [0, 0.1) is 11.3 Å². The molecule has 1 aromatic carbocycles. The molecule has 19 heavy (non-hydrogen) atoms. The van der Waals surface area contributed by atoms with Crippen LogP contribution in [0.2, 0.25) is 0 Å². The average molecular weight is 260 g/mol. The van der Waals surface area contributed by atoms with Crippen molar-refractivity contribution >= 4 is 11.4 Å². The Morgan fingerprint density at radius 3 is 2.68 bits per heavy atom. The molecule has 3 rings (SSSR count).